The number of amides is 1. The summed E-state index contributed by atoms with van der Waals surface area (Å²) < 4.78 is 40.2. The zero-order valence-electron chi connectivity index (χ0n) is 19.3. The van der Waals surface area contributed by atoms with Gasteiger partial charge in [-0.1, -0.05) is 39.1 Å². The van der Waals surface area contributed by atoms with Crippen molar-refractivity contribution in [2.24, 2.45) is 5.92 Å². The summed E-state index contributed by atoms with van der Waals surface area (Å²) >= 11 is 5.50. The molecule has 0 aliphatic heterocycles. The molecule has 0 saturated carbocycles. The van der Waals surface area contributed by atoms with Gasteiger partial charge in [0.05, 0.1) is 28.3 Å². The van der Waals surface area contributed by atoms with Crippen LogP contribution in [0.5, 0.6) is 0 Å². The maximum atomic E-state index is 13.6. The first-order valence-electron chi connectivity index (χ1n) is 10.7. The van der Waals surface area contributed by atoms with E-state index in [4.69, 9.17) is 17.5 Å². The van der Waals surface area contributed by atoms with Gasteiger partial charge in [0, 0.05) is 22.9 Å². The lowest BCUT2D eigenvalue weighted by atomic mass is 9.88. The van der Waals surface area contributed by atoms with E-state index in [0.717, 1.165) is 12.1 Å². The number of hydrogen-bond acceptors (Lipinski definition) is 4. The number of allylic oxidation sites excluding steroid dienone is 5. The van der Waals surface area contributed by atoms with E-state index in [1.165, 1.54) is 12.1 Å². The van der Waals surface area contributed by atoms with Crippen LogP contribution in [0.15, 0.2) is 53.8 Å². The molecule has 1 aliphatic carbocycles. The average molecular weight is 487 g/mol. The Morgan fingerprint density at radius 1 is 1.18 bits per heavy atom. The van der Waals surface area contributed by atoms with Crippen molar-refractivity contribution in [3.8, 4) is 12.1 Å². The van der Waals surface area contributed by atoms with Crippen molar-refractivity contribution < 1.29 is 18.0 Å². The van der Waals surface area contributed by atoms with Crippen molar-refractivity contribution in [2.45, 2.75) is 52.3 Å². The maximum absolute atomic E-state index is 13.6. The van der Waals surface area contributed by atoms with Crippen LogP contribution >= 0.6 is 12.2 Å². The predicted molar refractivity (Wildman–Crippen MR) is 128 cm³/mol. The number of rotatable bonds is 6. The van der Waals surface area contributed by atoms with Crippen molar-refractivity contribution in [3.05, 3.63) is 64.9 Å². The fraction of sp³-hybridized carbons (Fsp3) is 0.360. The van der Waals surface area contributed by atoms with E-state index < -0.39 is 28.7 Å². The molecule has 0 heterocycles. The molecule has 1 aromatic carbocycles. The predicted octanol–water partition coefficient (Wildman–Crippen LogP) is 6.26. The van der Waals surface area contributed by atoms with E-state index in [1.807, 2.05) is 13.0 Å². The van der Waals surface area contributed by atoms with E-state index in [1.54, 1.807) is 43.9 Å². The van der Waals surface area contributed by atoms with E-state index in [9.17, 15) is 23.2 Å². The summed E-state index contributed by atoms with van der Waals surface area (Å²) in [6.07, 6.45) is 2.89. The molecule has 1 atom stereocenters. The topological polar surface area (TPSA) is 79.9 Å². The quantitative estimate of drug-likeness (QED) is 0.480. The number of alkyl halides is 3. The van der Waals surface area contributed by atoms with Gasteiger partial charge in [0.15, 0.2) is 0 Å². The van der Waals surface area contributed by atoms with E-state index >= 15 is 0 Å². The summed E-state index contributed by atoms with van der Waals surface area (Å²) in [5.41, 5.74) is -1.78. The zero-order chi connectivity index (χ0) is 25.7. The van der Waals surface area contributed by atoms with Crippen LogP contribution in [0.2, 0.25) is 0 Å². The van der Waals surface area contributed by atoms with Crippen LogP contribution in [0.25, 0.3) is 0 Å². The van der Waals surface area contributed by atoms with Gasteiger partial charge in [0.2, 0.25) is 0 Å². The van der Waals surface area contributed by atoms with Crippen LogP contribution in [-0.2, 0) is 11.0 Å². The summed E-state index contributed by atoms with van der Waals surface area (Å²) in [7, 11) is 0. The highest BCUT2D eigenvalue weighted by atomic mass is 32.1. The van der Waals surface area contributed by atoms with Gasteiger partial charge in [-0.2, -0.15) is 23.7 Å². The molecule has 0 radical (unpaired) electrons. The van der Waals surface area contributed by atoms with Crippen molar-refractivity contribution >= 4 is 28.8 Å². The third-order valence-corrected chi connectivity index (χ3v) is 6.09. The molecular weight excluding hydrogens is 461 g/mol. The molecule has 1 amide bonds. The highest BCUT2D eigenvalue weighted by Gasteiger charge is 2.43. The number of nitrogens with zero attached hydrogens (tertiary/aromatic N) is 3. The van der Waals surface area contributed by atoms with Gasteiger partial charge in [-0.15, -0.1) is 0 Å². The standard InChI is InChI=1S/C25H25F3N4OS/c1-5-24(6-2,32(17(4)34)21-11-7-16(3)18(14-29)9-12-21)23(33)31-20-10-8-19(15-30)22(13-20)25(26,27)28/h7-13,16H,5-6H2,1-4H3,(H,31,33). The first-order valence-corrected chi connectivity index (χ1v) is 11.1. The van der Waals surface area contributed by atoms with Gasteiger partial charge < -0.3 is 10.2 Å². The normalized spacial score (nSPS) is 15.9. The zero-order valence-corrected chi connectivity index (χ0v) is 20.1. The Morgan fingerprint density at radius 3 is 2.32 bits per heavy atom. The first-order chi connectivity index (χ1) is 15.9. The molecule has 178 valence electrons. The molecule has 1 aliphatic rings. The Bertz CT molecular complexity index is 1150. The average Bonchev–Trinajstić information content (AvgIpc) is 2.97. The number of hydrogen-bond donors (Lipinski definition) is 1. The largest absolute Gasteiger partial charge is 0.417 e. The first kappa shape index (κ1) is 26.8. The molecular formula is C25H25F3N4OS. The lowest BCUT2D eigenvalue weighted by molar-refractivity contribution is -0.137. The minimum Gasteiger partial charge on any atom is -0.324 e. The summed E-state index contributed by atoms with van der Waals surface area (Å²) in [5, 5.41) is 21.0. The summed E-state index contributed by atoms with van der Waals surface area (Å²) in [6.45, 7) is 7.15. The lowest BCUT2D eigenvalue weighted by Gasteiger charge is -2.43. The Kier molecular flexibility index (Phi) is 8.41. The van der Waals surface area contributed by atoms with Crippen molar-refractivity contribution in [3.63, 3.8) is 0 Å². The molecule has 0 fully saturated rings. The Hall–Kier alpha value is -3.43. The molecule has 2 rings (SSSR count). The van der Waals surface area contributed by atoms with E-state index in [0.29, 0.717) is 29.1 Å². The van der Waals surface area contributed by atoms with Gasteiger partial charge in [0.1, 0.15) is 5.54 Å². The Labute approximate surface area is 202 Å². The maximum Gasteiger partial charge on any atom is 0.417 e. The smallest absolute Gasteiger partial charge is 0.324 e. The fourth-order valence-electron chi connectivity index (χ4n) is 3.94. The highest BCUT2D eigenvalue weighted by molar-refractivity contribution is 7.80. The number of nitrogens with one attached hydrogen (secondary N) is 1. The Balaban J connectivity index is 2.55. The monoisotopic (exact) mass is 486 g/mol. The van der Waals surface area contributed by atoms with Gasteiger partial charge >= 0.3 is 6.18 Å². The third kappa shape index (κ3) is 5.37. The van der Waals surface area contributed by atoms with Crippen LogP contribution in [0.4, 0.5) is 18.9 Å². The van der Waals surface area contributed by atoms with Crippen LogP contribution in [0, 0.1) is 28.6 Å². The minimum absolute atomic E-state index is 0.0738. The van der Waals surface area contributed by atoms with Crippen LogP contribution in [0.1, 0.15) is 51.7 Å². The highest BCUT2D eigenvalue weighted by Crippen LogP contribution is 2.36. The van der Waals surface area contributed by atoms with Gasteiger partial charge in [-0.3, -0.25) is 4.79 Å². The van der Waals surface area contributed by atoms with Crippen LogP contribution in [0.3, 0.4) is 0 Å². The fourth-order valence-corrected chi connectivity index (χ4v) is 4.22. The molecule has 1 N–H and O–H groups in total. The molecule has 34 heavy (non-hydrogen) atoms. The number of carbonyl (C=O) groups excluding carboxylic acids is 1. The SMILES string of the molecule is CCC(CC)(C(=O)Nc1ccc(C#N)c(C(F)(F)F)c1)N(C(C)=S)C1=CC=C(C#N)C(C)C=C1. The van der Waals surface area contributed by atoms with Crippen LogP contribution in [-0.4, -0.2) is 21.3 Å². The van der Waals surface area contributed by atoms with Gasteiger partial charge in [0.25, 0.3) is 5.91 Å². The summed E-state index contributed by atoms with van der Waals surface area (Å²) in [5.74, 6) is -0.660. The molecule has 9 heteroatoms. The van der Waals surface area contributed by atoms with E-state index in [-0.39, 0.29) is 11.6 Å². The molecule has 1 aromatic rings. The molecule has 0 aromatic heterocycles. The van der Waals surface area contributed by atoms with E-state index in [2.05, 4.69) is 11.4 Å². The Morgan fingerprint density at radius 2 is 1.82 bits per heavy atom. The third-order valence-electron chi connectivity index (χ3n) is 5.91. The molecule has 0 saturated heterocycles. The second-order valence-electron chi connectivity index (χ2n) is 7.89. The minimum atomic E-state index is -4.74. The van der Waals surface area contributed by atoms with Crippen molar-refractivity contribution in [1.82, 2.24) is 4.90 Å². The number of halogens is 3. The number of benzene rings is 1. The molecule has 1 unspecified atom stereocenters. The number of carbonyl (C=O) groups is 1. The van der Waals surface area contributed by atoms with Crippen LogP contribution < -0.4 is 5.32 Å². The van der Waals surface area contributed by atoms with Gasteiger partial charge in [-0.05, 0) is 56.2 Å². The summed E-state index contributed by atoms with van der Waals surface area (Å²) in [6, 6.07) is 6.74. The number of anilines is 1. The molecule has 0 bridgehead atoms. The van der Waals surface area contributed by atoms with Crippen molar-refractivity contribution in [2.75, 3.05) is 5.32 Å². The molecule has 0 spiro atoms. The van der Waals surface area contributed by atoms with Crippen molar-refractivity contribution in [1.29, 1.82) is 10.5 Å². The lowest BCUT2D eigenvalue weighted by Crippen LogP contribution is -2.57. The number of nitriles is 2. The van der Waals surface area contributed by atoms with Gasteiger partial charge in [-0.25, -0.2) is 0 Å². The second-order valence-corrected chi connectivity index (χ2v) is 8.48. The second kappa shape index (κ2) is 10.7. The molecule has 5 nitrogen and oxygen atoms in total. The number of thiocarbonyl (C=S) groups is 1. The summed E-state index contributed by atoms with van der Waals surface area (Å²) in [4.78, 5) is 15.7.